The Bertz CT molecular complexity index is 1020. The second kappa shape index (κ2) is 9.40. The van der Waals surface area contributed by atoms with E-state index in [2.05, 4.69) is 5.32 Å². The Morgan fingerprint density at radius 2 is 1.66 bits per heavy atom. The molecule has 2 aromatic rings. The van der Waals surface area contributed by atoms with Crippen molar-refractivity contribution in [3.05, 3.63) is 48.0 Å². The number of nitrogens with zero attached hydrogens (tertiary/aromatic N) is 2. The fourth-order valence-electron chi connectivity index (χ4n) is 4.19. The summed E-state index contributed by atoms with van der Waals surface area (Å²) in [6.07, 6.45) is 2.20. The van der Waals surface area contributed by atoms with Crippen molar-refractivity contribution in [1.82, 2.24) is 5.32 Å². The van der Waals surface area contributed by atoms with Crippen LogP contribution in [0.3, 0.4) is 0 Å². The number of nitrogens with one attached hydrogen (secondary N) is 1. The van der Waals surface area contributed by atoms with E-state index < -0.39 is 6.04 Å². The first-order chi connectivity index (χ1) is 15.5. The summed E-state index contributed by atoms with van der Waals surface area (Å²) in [7, 11) is 3.18. The van der Waals surface area contributed by atoms with Gasteiger partial charge in [0.05, 0.1) is 32.4 Å². The molecule has 0 aromatic heterocycles. The lowest BCUT2D eigenvalue weighted by atomic mass is 10.1. The molecule has 3 amide bonds. The summed E-state index contributed by atoms with van der Waals surface area (Å²) in [6.45, 7) is 1.24. The van der Waals surface area contributed by atoms with Crippen molar-refractivity contribution in [2.75, 3.05) is 37.1 Å². The third kappa shape index (κ3) is 4.31. The third-order valence-corrected chi connectivity index (χ3v) is 5.89. The van der Waals surface area contributed by atoms with E-state index in [0.717, 1.165) is 17.7 Å². The van der Waals surface area contributed by atoms with Crippen LogP contribution >= 0.6 is 0 Å². The summed E-state index contributed by atoms with van der Waals surface area (Å²) in [6, 6.07) is 12.2. The molecule has 2 aromatic carbocycles. The summed E-state index contributed by atoms with van der Waals surface area (Å²) < 4.78 is 10.6. The Hall–Kier alpha value is -3.39. The van der Waals surface area contributed by atoms with Crippen LogP contribution in [0.25, 0.3) is 0 Å². The molecule has 0 spiro atoms. The number of ether oxygens (including phenoxy) is 2. The van der Waals surface area contributed by atoms with Crippen molar-refractivity contribution in [3.8, 4) is 11.5 Å². The minimum Gasteiger partial charge on any atom is -0.493 e. The van der Waals surface area contributed by atoms with Gasteiger partial charge in [0.2, 0.25) is 11.8 Å². The Labute approximate surface area is 187 Å². The molecule has 2 fully saturated rings. The first kappa shape index (κ1) is 21.8. The third-order valence-electron chi connectivity index (χ3n) is 5.89. The molecule has 2 aliphatic heterocycles. The molecule has 1 unspecified atom stereocenters. The molecule has 0 saturated carbocycles. The van der Waals surface area contributed by atoms with Crippen LogP contribution in [0.15, 0.2) is 42.5 Å². The van der Waals surface area contributed by atoms with Gasteiger partial charge in [-0.3, -0.25) is 14.4 Å². The van der Waals surface area contributed by atoms with E-state index in [1.54, 1.807) is 43.4 Å². The molecule has 1 N–H and O–H groups in total. The monoisotopic (exact) mass is 437 g/mol. The van der Waals surface area contributed by atoms with E-state index in [1.165, 1.54) is 4.90 Å². The normalized spacial score (nSPS) is 18.6. The van der Waals surface area contributed by atoms with Gasteiger partial charge in [0, 0.05) is 18.7 Å². The van der Waals surface area contributed by atoms with E-state index in [9.17, 15) is 14.4 Å². The molecule has 8 heteroatoms. The molecule has 2 heterocycles. The zero-order chi connectivity index (χ0) is 22.7. The van der Waals surface area contributed by atoms with E-state index in [-0.39, 0.29) is 24.1 Å². The van der Waals surface area contributed by atoms with Gasteiger partial charge in [0.25, 0.3) is 5.91 Å². The Morgan fingerprint density at radius 1 is 0.938 bits per heavy atom. The lowest BCUT2D eigenvalue weighted by Gasteiger charge is -2.19. The Balaban J connectivity index is 1.36. The van der Waals surface area contributed by atoms with Crippen LogP contribution in [-0.2, 0) is 20.8 Å². The van der Waals surface area contributed by atoms with Gasteiger partial charge in [-0.1, -0.05) is 6.07 Å². The van der Waals surface area contributed by atoms with Crippen molar-refractivity contribution < 1.29 is 23.9 Å². The number of imide groups is 1. The smallest absolute Gasteiger partial charge is 0.251 e. The summed E-state index contributed by atoms with van der Waals surface area (Å²) in [5, 5.41) is 3.20. The number of carbonyl (C=O) groups is 3. The fourth-order valence-corrected chi connectivity index (χ4v) is 4.19. The molecule has 32 heavy (non-hydrogen) atoms. The number of hydrogen-bond donors (Lipinski definition) is 1. The van der Waals surface area contributed by atoms with Crippen LogP contribution in [0.5, 0.6) is 11.5 Å². The lowest BCUT2D eigenvalue weighted by Crippen LogP contribution is -2.39. The summed E-state index contributed by atoms with van der Waals surface area (Å²) in [4.78, 5) is 40.3. The van der Waals surface area contributed by atoms with E-state index >= 15 is 0 Å². The van der Waals surface area contributed by atoms with Crippen LogP contribution in [0, 0.1) is 0 Å². The number of amides is 3. The predicted octanol–water partition coefficient (Wildman–Crippen LogP) is 2.29. The van der Waals surface area contributed by atoms with Crippen molar-refractivity contribution in [2.24, 2.45) is 0 Å². The molecule has 0 radical (unpaired) electrons. The quantitative estimate of drug-likeness (QED) is 0.638. The first-order valence-corrected chi connectivity index (χ1v) is 10.7. The molecule has 168 valence electrons. The summed E-state index contributed by atoms with van der Waals surface area (Å²) >= 11 is 0. The minimum absolute atomic E-state index is 0.102. The highest BCUT2D eigenvalue weighted by Crippen LogP contribution is 2.29. The standard InChI is InChI=1S/C24H27N3O5/c1-31-20-10-5-16(14-21(20)32-2)11-12-25-19-15-23(29)27(24(19)30)18-8-6-17(7-9-18)26-13-3-4-22(26)28/h5-10,14,19,25H,3-4,11-13,15H2,1-2H3. The van der Waals surface area contributed by atoms with Gasteiger partial charge in [-0.2, -0.15) is 0 Å². The molecule has 0 bridgehead atoms. The topological polar surface area (TPSA) is 88.2 Å². The Morgan fingerprint density at radius 3 is 2.31 bits per heavy atom. The van der Waals surface area contributed by atoms with Gasteiger partial charge in [-0.05, 0) is 61.3 Å². The second-order valence-electron chi connectivity index (χ2n) is 7.88. The molecule has 1 atom stereocenters. The second-order valence-corrected chi connectivity index (χ2v) is 7.88. The van der Waals surface area contributed by atoms with E-state index in [4.69, 9.17) is 9.47 Å². The maximum atomic E-state index is 12.9. The number of carbonyl (C=O) groups excluding carboxylic acids is 3. The van der Waals surface area contributed by atoms with Crippen LogP contribution in [0.2, 0.25) is 0 Å². The van der Waals surface area contributed by atoms with E-state index in [1.807, 2.05) is 18.2 Å². The average Bonchev–Trinajstić information content (AvgIpc) is 3.36. The number of anilines is 2. The van der Waals surface area contributed by atoms with Crippen LogP contribution in [0.1, 0.15) is 24.8 Å². The van der Waals surface area contributed by atoms with Crippen molar-refractivity contribution >= 4 is 29.1 Å². The number of benzene rings is 2. The van der Waals surface area contributed by atoms with Gasteiger partial charge in [0.1, 0.15) is 0 Å². The summed E-state index contributed by atoms with van der Waals surface area (Å²) in [5.74, 6) is 0.930. The van der Waals surface area contributed by atoms with E-state index in [0.29, 0.717) is 43.1 Å². The van der Waals surface area contributed by atoms with Crippen molar-refractivity contribution in [2.45, 2.75) is 31.7 Å². The molecular formula is C24H27N3O5. The largest absolute Gasteiger partial charge is 0.493 e. The molecule has 0 aliphatic carbocycles. The van der Waals surface area contributed by atoms with Gasteiger partial charge in [-0.15, -0.1) is 0 Å². The fraction of sp³-hybridized carbons (Fsp3) is 0.375. The average molecular weight is 437 g/mol. The highest BCUT2D eigenvalue weighted by atomic mass is 16.5. The highest BCUT2D eigenvalue weighted by molar-refractivity contribution is 6.22. The zero-order valence-corrected chi connectivity index (χ0v) is 18.3. The molecular weight excluding hydrogens is 410 g/mol. The minimum atomic E-state index is -0.553. The SMILES string of the molecule is COc1ccc(CCNC2CC(=O)N(c3ccc(N4CCCC4=O)cc3)C2=O)cc1OC. The van der Waals surface area contributed by atoms with Crippen molar-refractivity contribution in [3.63, 3.8) is 0 Å². The Kier molecular flexibility index (Phi) is 6.41. The van der Waals surface area contributed by atoms with Gasteiger partial charge >= 0.3 is 0 Å². The summed E-state index contributed by atoms with van der Waals surface area (Å²) in [5.41, 5.74) is 2.36. The molecule has 8 nitrogen and oxygen atoms in total. The van der Waals surface area contributed by atoms with Crippen LogP contribution < -0.4 is 24.6 Å². The molecule has 2 saturated heterocycles. The van der Waals surface area contributed by atoms with Crippen molar-refractivity contribution in [1.29, 1.82) is 0 Å². The number of rotatable bonds is 8. The predicted molar refractivity (Wildman–Crippen MR) is 120 cm³/mol. The van der Waals surface area contributed by atoms with Gasteiger partial charge in [-0.25, -0.2) is 4.90 Å². The first-order valence-electron chi connectivity index (χ1n) is 10.7. The lowest BCUT2D eigenvalue weighted by molar-refractivity contribution is -0.122. The highest BCUT2D eigenvalue weighted by Gasteiger charge is 2.39. The van der Waals surface area contributed by atoms with Gasteiger partial charge in [0.15, 0.2) is 11.5 Å². The number of hydrogen-bond acceptors (Lipinski definition) is 6. The molecule has 4 rings (SSSR count). The zero-order valence-electron chi connectivity index (χ0n) is 18.3. The maximum Gasteiger partial charge on any atom is 0.251 e. The van der Waals surface area contributed by atoms with Gasteiger partial charge < -0.3 is 19.7 Å². The number of methoxy groups -OCH3 is 2. The van der Waals surface area contributed by atoms with Crippen LogP contribution in [0.4, 0.5) is 11.4 Å². The van der Waals surface area contributed by atoms with Crippen LogP contribution in [-0.4, -0.2) is 51.1 Å². The maximum absolute atomic E-state index is 12.9. The molecule has 2 aliphatic rings.